The molecule has 0 radical (unpaired) electrons. The van der Waals surface area contributed by atoms with Crippen LogP contribution in [0, 0.1) is 6.92 Å². The van der Waals surface area contributed by atoms with Gasteiger partial charge in [-0.15, -0.1) is 0 Å². The van der Waals surface area contributed by atoms with Gasteiger partial charge in [0.25, 0.3) is 0 Å². The molecule has 0 N–H and O–H groups in total. The molecule has 2 aromatic carbocycles. The fraction of sp³-hybridized carbons (Fsp3) is 0.333. The molecule has 0 spiro atoms. The van der Waals surface area contributed by atoms with Crippen molar-refractivity contribution in [2.45, 2.75) is 26.4 Å². The Morgan fingerprint density at radius 3 is 2.63 bits per heavy atom. The molecule has 0 aliphatic carbocycles. The average Bonchev–Trinajstić information content (AvgIpc) is 3.07. The summed E-state index contributed by atoms with van der Waals surface area (Å²) in [6, 6.07) is 11.9. The van der Waals surface area contributed by atoms with Gasteiger partial charge in [0.2, 0.25) is 5.91 Å². The number of benzene rings is 2. The number of ether oxygens (including phenoxy) is 2. The highest BCUT2D eigenvalue weighted by atomic mass is 16.5. The second-order valence-corrected chi connectivity index (χ2v) is 6.62. The van der Waals surface area contributed by atoms with Gasteiger partial charge in [0, 0.05) is 25.4 Å². The molecule has 0 aliphatic heterocycles. The molecule has 3 rings (SSSR count). The van der Waals surface area contributed by atoms with Crippen LogP contribution < -0.4 is 9.47 Å². The van der Waals surface area contributed by atoms with Crippen molar-refractivity contribution in [3.63, 3.8) is 0 Å². The number of aryl methyl sites for hydroxylation is 2. The Labute approximate surface area is 159 Å². The molecule has 0 fully saturated rings. The summed E-state index contributed by atoms with van der Waals surface area (Å²) in [7, 11) is 5.02. The Kier molecular flexibility index (Phi) is 5.64. The van der Waals surface area contributed by atoms with Gasteiger partial charge >= 0.3 is 0 Å². The van der Waals surface area contributed by atoms with Crippen molar-refractivity contribution in [2.75, 3.05) is 21.3 Å². The molecule has 27 heavy (non-hydrogen) atoms. The molecule has 0 unspecified atom stereocenters. The summed E-state index contributed by atoms with van der Waals surface area (Å²) in [6.45, 7) is 3.13. The number of amides is 1. The van der Waals surface area contributed by atoms with E-state index in [1.54, 1.807) is 19.1 Å². The number of aromatic nitrogens is 2. The van der Waals surface area contributed by atoms with E-state index in [4.69, 9.17) is 9.47 Å². The lowest BCUT2D eigenvalue weighted by Gasteiger charge is -2.18. The predicted molar refractivity (Wildman–Crippen MR) is 105 cm³/mol. The SMILES string of the molecule is COc1ccc(CN(C)C(=O)CCn2ncc3cc(C)ccc32)cc1OC. The Morgan fingerprint density at radius 1 is 1.11 bits per heavy atom. The summed E-state index contributed by atoms with van der Waals surface area (Å²) < 4.78 is 12.5. The minimum Gasteiger partial charge on any atom is -0.493 e. The molecule has 142 valence electrons. The first-order chi connectivity index (χ1) is 13.0. The number of hydrogen-bond donors (Lipinski definition) is 0. The minimum absolute atomic E-state index is 0.0700. The summed E-state index contributed by atoms with van der Waals surface area (Å²) in [5, 5.41) is 5.51. The van der Waals surface area contributed by atoms with Crippen LogP contribution in [-0.2, 0) is 17.9 Å². The molecular formula is C21H25N3O3. The topological polar surface area (TPSA) is 56.6 Å². The van der Waals surface area contributed by atoms with E-state index in [2.05, 4.69) is 30.2 Å². The van der Waals surface area contributed by atoms with Gasteiger partial charge in [0.1, 0.15) is 0 Å². The summed E-state index contributed by atoms with van der Waals surface area (Å²) >= 11 is 0. The van der Waals surface area contributed by atoms with Crippen molar-refractivity contribution < 1.29 is 14.3 Å². The van der Waals surface area contributed by atoms with Gasteiger partial charge in [-0.25, -0.2) is 0 Å². The van der Waals surface area contributed by atoms with Crippen molar-refractivity contribution in [3.8, 4) is 11.5 Å². The molecule has 0 bridgehead atoms. The smallest absolute Gasteiger partial charge is 0.224 e. The van der Waals surface area contributed by atoms with E-state index in [0.717, 1.165) is 16.5 Å². The Balaban J connectivity index is 1.62. The Bertz CT molecular complexity index is 949. The molecule has 6 nitrogen and oxygen atoms in total. The normalized spacial score (nSPS) is 10.8. The zero-order valence-corrected chi connectivity index (χ0v) is 16.2. The number of nitrogens with zero attached hydrogens (tertiary/aromatic N) is 3. The van der Waals surface area contributed by atoms with E-state index in [1.807, 2.05) is 36.1 Å². The van der Waals surface area contributed by atoms with E-state index in [-0.39, 0.29) is 5.91 Å². The van der Waals surface area contributed by atoms with Crippen LogP contribution in [0.25, 0.3) is 10.9 Å². The van der Waals surface area contributed by atoms with Crippen LogP contribution >= 0.6 is 0 Å². The highest BCUT2D eigenvalue weighted by Gasteiger charge is 2.12. The number of carbonyl (C=O) groups excluding carboxylic acids is 1. The fourth-order valence-electron chi connectivity index (χ4n) is 3.12. The van der Waals surface area contributed by atoms with Crippen molar-refractivity contribution >= 4 is 16.8 Å². The second-order valence-electron chi connectivity index (χ2n) is 6.62. The maximum absolute atomic E-state index is 12.5. The summed E-state index contributed by atoms with van der Waals surface area (Å²) in [4.78, 5) is 14.3. The van der Waals surface area contributed by atoms with Crippen molar-refractivity contribution in [3.05, 3.63) is 53.7 Å². The van der Waals surface area contributed by atoms with E-state index in [1.165, 1.54) is 5.56 Å². The van der Waals surface area contributed by atoms with Crippen LogP contribution in [0.1, 0.15) is 17.5 Å². The van der Waals surface area contributed by atoms with Gasteiger partial charge in [0.15, 0.2) is 11.5 Å². The van der Waals surface area contributed by atoms with Crippen molar-refractivity contribution in [1.29, 1.82) is 0 Å². The summed E-state index contributed by atoms with van der Waals surface area (Å²) in [6.07, 6.45) is 2.24. The zero-order chi connectivity index (χ0) is 19.4. The van der Waals surface area contributed by atoms with Gasteiger partial charge < -0.3 is 14.4 Å². The standard InChI is InChI=1S/C21H25N3O3/c1-15-5-7-18-17(11-15)13-22-24(18)10-9-21(25)23(2)14-16-6-8-19(26-3)20(12-16)27-4/h5-8,11-13H,9-10,14H2,1-4H3. The molecule has 1 amide bonds. The van der Waals surface area contributed by atoms with Gasteiger partial charge in [-0.2, -0.15) is 5.10 Å². The van der Waals surface area contributed by atoms with Crippen LogP contribution in [-0.4, -0.2) is 41.9 Å². The number of hydrogen-bond acceptors (Lipinski definition) is 4. The van der Waals surface area contributed by atoms with Crippen LogP contribution in [0.5, 0.6) is 11.5 Å². The number of fused-ring (bicyclic) bond motifs is 1. The van der Waals surface area contributed by atoms with E-state index < -0.39 is 0 Å². The Morgan fingerprint density at radius 2 is 1.89 bits per heavy atom. The summed E-state index contributed by atoms with van der Waals surface area (Å²) in [5.74, 6) is 1.41. The third kappa shape index (κ3) is 4.22. The molecule has 1 aromatic heterocycles. The third-order valence-electron chi connectivity index (χ3n) is 4.63. The van der Waals surface area contributed by atoms with Crippen molar-refractivity contribution in [2.24, 2.45) is 0 Å². The van der Waals surface area contributed by atoms with E-state index in [9.17, 15) is 4.79 Å². The van der Waals surface area contributed by atoms with Gasteiger partial charge in [-0.1, -0.05) is 17.7 Å². The van der Waals surface area contributed by atoms with Crippen LogP contribution in [0.4, 0.5) is 0 Å². The molecule has 0 saturated heterocycles. The van der Waals surface area contributed by atoms with Crippen LogP contribution in [0.2, 0.25) is 0 Å². The number of rotatable bonds is 7. The van der Waals surface area contributed by atoms with Gasteiger partial charge in [-0.05, 0) is 36.8 Å². The molecule has 1 heterocycles. The molecule has 0 saturated carbocycles. The number of carbonyl (C=O) groups is 1. The molecule has 3 aromatic rings. The van der Waals surface area contributed by atoms with Gasteiger partial charge in [-0.3, -0.25) is 9.48 Å². The highest BCUT2D eigenvalue weighted by Crippen LogP contribution is 2.28. The molecule has 0 atom stereocenters. The highest BCUT2D eigenvalue weighted by molar-refractivity contribution is 5.80. The average molecular weight is 367 g/mol. The van der Waals surface area contributed by atoms with E-state index >= 15 is 0 Å². The van der Waals surface area contributed by atoms with E-state index in [0.29, 0.717) is 31.0 Å². The lowest BCUT2D eigenvalue weighted by atomic mass is 10.2. The number of methoxy groups -OCH3 is 2. The third-order valence-corrected chi connectivity index (χ3v) is 4.63. The maximum atomic E-state index is 12.5. The first kappa shape index (κ1) is 18.8. The largest absolute Gasteiger partial charge is 0.493 e. The second kappa shape index (κ2) is 8.12. The molecule has 6 heteroatoms. The maximum Gasteiger partial charge on any atom is 0.224 e. The fourth-order valence-corrected chi connectivity index (χ4v) is 3.12. The first-order valence-electron chi connectivity index (χ1n) is 8.89. The lowest BCUT2D eigenvalue weighted by molar-refractivity contribution is -0.130. The lowest BCUT2D eigenvalue weighted by Crippen LogP contribution is -2.27. The minimum atomic E-state index is 0.0700. The Hall–Kier alpha value is -3.02. The quantitative estimate of drug-likeness (QED) is 0.642. The first-order valence-corrected chi connectivity index (χ1v) is 8.89. The zero-order valence-electron chi connectivity index (χ0n) is 16.2. The predicted octanol–water partition coefficient (Wildman–Crippen LogP) is 3.41. The summed E-state index contributed by atoms with van der Waals surface area (Å²) in [5.41, 5.74) is 3.24. The molecule has 0 aliphatic rings. The monoisotopic (exact) mass is 367 g/mol. The van der Waals surface area contributed by atoms with Crippen molar-refractivity contribution in [1.82, 2.24) is 14.7 Å². The molecular weight excluding hydrogens is 342 g/mol. The van der Waals surface area contributed by atoms with Crippen LogP contribution in [0.15, 0.2) is 42.6 Å². The van der Waals surface area contributed by atoms with Gasteiger partial charge in [0.05, 0.1) is 32.5 Å². The van der Waals surface area contributed by atoms with Crippen LogP contribution in [0.3, 0.4) is 0 Å².